The molecule has 1 aliphatic heterocycles. The Labute approximate surface area is 278 Å². The van der Waals surface area contributed by atoms with E-state index in [2.05, 4.69) is 15.2 Å². The zero-order valence-electron chi connectivity index (χ0n) is 26.1. The number of nitrogens with zero attached hydrogens (tertiary/aromatic N) is 3. The predicted octanol–water partition coefficient (Wildman–Crippen LogP) is 5.12. The quantitative estimate of drug-likeness (QED) is 0.0957. The van der Waals surface area contributed by atoms with Crippen molar-refractivity contribution in [1.82, 2.24) is 10.3 Å². The number of aromatic nitrogens is 1. The first-order chi connectivity index (χ1) is 22.2. The van der Waals surface area contributed by atoms with E-state index >= 15 is 0 Å². The van der Waals surface area contributed by atoms with Crippen molar-refractivity contribution in [3.05, 3.63) is 70.7 Å². The lowest BCUT2D eigenvalue weighted by molar-refractivity contribution is -0.141. The van der Waals surface area contributed by atoms with Crippen molar-refractivity contribution in [3.63, 3.8) is 0 Å². The standard InChI is InChI=1S/C33H38Cl2N4O7/c1-21(32(42)37-22(8-12-30(40)44-2)9-13-31(41)45-3)26(35)18-24(19-34)46-29-14-15-36-20-25(29)33(43)39-17-16-38(23-10-11-23)27-6-4-5-7-28(27)39/h4-7,14-15,18,20,22-23H,8-13,16-17,19H2,1-3H3,(H,37,42). The fraction of sp³-hybridized carbons (Fsp3) is 0.424. The summed E-state index contributed by atoms with van der Waals surface area (Å²) in [5, 5.41) is 2.87. The summed E-state index contributed by atoms with van der Waals surface area (Å²) in [6.07, 6.45) is 7.31. The molecular formula is C33H38Cl2N4O7. The van der Waals surface area contributed by atoms with Gasteiger partial charge in [0.2, 0.25) is 5.91 Å². The largest absolute Gasteiger partial charge is 0.469 e. The van der Waals surface area contributed by atoms with Crippen LogP contribution in [0.15, 0.2) is 65.2 Å². The number of ether oxygens (including phenoxy) is 3. The molecule has 0 radical (unpaired) electrons. The van der Waals surface area contributed by atoms with Crippen molar-refractivity contribution in [1.29, 1.82) is 0 Å². The summed E-state index contributed by atoms with van der Waals surface area (Å²) < 4.78 is 15.5. The Morgan fingerprint density at radius 2 is 1.67 bits per heavy atom. The van der Waals surface area contributed by atoms with Crippen LogP contribution in [0, 0.1) is 0 Å². The zero-order valence-corrected chi connectivity index (χ0v) is 27.6. The number of rotatable bonds is 14. The predicted molar refractivity (Wildman–Crippen MR) is 175 cm³/mol. The van der Waals surface area contributed by atoms with Crippen molar-refractivity contribution in [2.75, 3.05) is 43.0 Å². The average Bonchev–Trinajstić information content (AvgIpc) is 3.93. The molecule has 4 rings (SSSR count). The fourth-order valence-electron chi connectivity index (χ4n) is 5.10. The van der Waals surface area contributed by atoms with Crippen molar-refractivity contribution < 1.29 is 33.4 Å². The minimum absolute atomic E-state index is 0.0536. The molecule has 1 aliphatic carbocycles. The number of nitrogens with one attached hydrogen (secondary N) is 1. The van der Waals surface area contributed by atoms with Gasteiger partial charge in [-0.3, -0.25) is 24.2 Å². The Bertz CT molecular complexity index is 1490. The lowest BCUT2D eigenvalue weighted by Gasteiger charge is -2.38. The monoisotopic (exact) mass is 672 g/mol. The van der Waals surface area contributed by atoms with Gasteiger partial charge in [0.25, 0.3) is 5.91 Å². The minimum atomic E-state index is -0.514. The van der Waals surface area contributed by atoms with Crippen LogP contribution in [0.25, 0.3) is 0 Å². The molecule has 11 nitrogen and oxygen atoms in total. The van der Waals surface area contributed by atoms with Crippen molar-refractivity contribution in [2.24, 2.45) is 0 Å². The van der Waals surface area contributed by atoms with Crippen LogP contribution in [0.3, 0.4) is 0 Å². The van der Waals surface area contributed by atoms with E-state index in [1.54, 1.807) is 11.0 Å². The molecular weight excluding hydrogens is 635 g/mol. The third kappa shape index (κ3) is 9.01. The molecule has 2 aliphatic rings. The molecule has 46 heavy (non-hydrogen) atoms. The lowest BCUT2D eigenvalue weighted by atomic mass is 10.0. The number of hydrogen-bond donors (Lipinski definition) is 1. The van der Waals surface area contributed by atoms with E-state index < -0.39 is 23.9 Å². The Morgan fingerprint density at radius 1 is 1.02 bits per heavy atom. The molecule has 0 unspecified atom stereocenters. The van der Waals surface area contributed by atoms with Crippen LogP contribution in [0.4, 0.5) is 11.4 Å². The summed E-state index contributed by atoms with van der Waals surface area (Å²) in [5.74, 6) is -1.30. The maximum atomic E-state index is 13.9. The normalized spacial score (nSPS) is 15.1. The number of pyridine rings is 1. The highest BCUT2D eigenvalue weighted by Crippen LogP contribution is 2.40. The molecule has 1 N–H and O–H groups in total. The number of methoxy groups -OCH3 is 2. The lowest BCUT2D eigenvalue weighted by Crippen LogP contribution is -2.45. The summed E-state index contributed by atoms with van der Waals surface area (Å²) in [4.78, 5) is 58.6. The van der Waals surface area contributed by atoms with E-state index in [0.717, 1.165) is 30.8 Å². The number of benzene rings is 1. The van der Waals surface area contributed by atoms with Crippen LogP contribution < -0.4 is 19.9 Å². The summed E-state index contributed by atoms with van der Waals surface area (Å²) >= 11 is 12.8. The molecule has 0 saturated heterocycles. The van der Waals surface area contributed by atoms with E-state index in [-0.39, 0.29) is 65.1 Å². The van der Waals surface area contributed by atoms with E-state index in [1.807, 2.05) is 24.3 Å². The van der Waals surface area contributed by atoms with Gasteiger partial charge in [-0.2, -0.15) is 0 Å². The van der Waals surface area contributed by atoms with Gasteiger partial charge in [-0.1, -0.05) is 23.7 Å². The summed E-state index contributed by atoms with van der Waals surface area (Å²) in [6.45, 7) is 2.77. The van der Waals surface area contributed by atoms with Crippen molar-refractivity contribution in [2.45, 2.75) is 57.5 Å². The molecule has 246 valence electrons. The number of hydrogen-bond acceptors (Lipinski definition) is 9. The fourth-order valence-corrected chi connectivity index (χ4v) is 5.44. The third-order valence-electron chi connectivity index (χ3n) is 7.83. The molecule has 1 saturated carbocycles. The summed E-state index contributed by atoms with van der Waals surface area (Å²) in [5.41, 5.74) is 2.27. The smallest absolute Gasteiger partial charge is 0.305 e. The molecule has 13 heteroatoms. The van der Waals surface area contributed by atoms with E-state index in [9.17, 15) is 19.2 Å². The van der Waals surface area contributed by atoms with Crippen LogP contribution in [0.2, 0.25) is 0 Å². The molecule has 2 heterocycles. The molecule has 0 atom stereocenters. The van der Waals surface area contributed by atoms with Gasteiger partial charge in [-0.05, 0) is 56.9 Å². The first-order valence-electron chi connectivity index (χ1n) is 15.0. The van der Waals surface area contributed by atoms with Gasteiger partial charge in [-0.25, -0.2) is 0 Å². The molecule has 0 bridgehead atoms. The Balaban J connectivity index is 1.50. The van der Waals surface area contributed by atoms with Crippen LogP contribution in [0.1, 0.15) is 55.8 Å². The first-order valence-corrected chi connectivity index (χ1v) is 15.9. The molecule has 1 aromatic heterocycles. The second-order valence-electron chi connectivity index (χ2n) is 11.0. The number of para-hydroxylation sites is 2. The topological polar surface area (TPSA) is 127 Å². The van der Waals surface area contributed by atoms with E-state index in [4.69, 9.17) is 37.4 Å². The van der Waals surface area contributed by atoms with Gasteiger partial charge >= 0.3 is 11.9 Å². The Hall–Kier alpha value is -4.09. The highest BCUT2D eigenvalue weighted by atomic mass is 35.5. The summed E-state index contributed by atoms with van der Waals surface area (Å²) in [7, 11) is 2.56. The second-order valence-corrected chi connectivity index (χ2v) is 11.6. The number of fused-ring (bicyclic) bond motifs is 1. The first kappa shape index (κ1) is 34.8. The SMILES string of the molecule is COC(=O)CCC(CCC(=O)OC)NC(=O)C(C)=C(Cl)C=C(CCl)Oc1ccncc1C(=O)N1CCN(C2CC2)c2ccccc21. The average molecular weight is 674 g/mol. The van der Waals surface area contributed by atoms with Crippen molar-refractivity contribution >= 4 is 58.3 Å². The Morgan fingerprint density at radius 3 is 2.28 bits per heavy atom. The van der Waals surface area contributed by atoms with Crippen LogP contribution >= 0.6 is 23.2 Å². The molecule has 1 aromatic carbocycles. The number of alkyl halides is 1. The molecule has 2 aromatic rings. The summed E-state index contributed by atoms with van der Waals surface area (Å²) in [6, 6.07) is 9.44. The zero-order chi connectivity index (χ0) is 33.2. The number of carbonyl (C=O) groups is 4. The van der Waals surface area contributed by atoms with Gasteiger partial charge < -0.3 is 29.3 Å². The maximum Gasteiger partial charge on any atom is 0.305 e. The number of halogens is 2. The maximum absolute atomic E-state index is 13.9. The highest BCUT2D eigenvalue weighted by molar-refractivity contribution is 6.33. The van der Waals surface area contributed by atoms with Gasteiger partial charge in [-0.15, -0.1) is 11.6 Å². The van der Waals surface area contributed by atoms with E-state index in [0.29, 0.717) is 12.6 Å². The van der Waals surface area contributed by atoms with Crippen molar-refractivity contribution in [3.8, 4) is 5.75 Å². The van der Waals surface area contributed by atoms with Crippen LogP contribution in [-0.2, 0) is 23.9 Å². The van der Waals surface area contributed by atoms with Crippen LogP contribution in [-0.4, -0.2) is 74.0 Å². The van der Waals surface area contributed by atoms with E-state index in [1.165, 1.54) is 39.6 Å². The number of amides is 2. The number of anilines is 2. The van der Waals surface area contributed by atoms with Gasteiger partial charge in [0.1, 0.15) is 17.1 Å². The number of carbonyl (C=O) groups excluding carboxylic acids is 4. The Kier molecular flexibility index (Phi) is 12.4. The van der Waals surface area contributed by atoms with Gasteiger partial charge in [0.05, 0.1) is 36.5 Å². The van der Waals surface area contributed by atoms with Crippen LogP contribution in [0.5, 0.6) is 5.75 Å². The molecule has 1 fully saturated rings. The van der Waals surface area contributed by atoms with Gasteiger partial charge in [0.15, 0.2) is 0 Å². The second kappa shape index (κ2) is 16.5. The van der Waals surface area contributed by atoms with Gasteiger partial charge in [0, 0.05) is 56.0 Å². The third-order valence-corrected chi connectivity index (χ3v) is 8.49. The minimum Gasteiger partial charge on any atom is -0.469 e. The molecule has 2 amide bonds. The number of esters is 2. The molecule has 0 spiro atoms. The highest BCUT2D eigenvalue weighted by Gasteiger charge is 2.36. The number of allylic oxidation sites excluding steroid dienone is 3.